The van der Waals surface area contributed by atoms with Crippen LogP contribution < -0.4 is 10.2 Å². The molecule has 2 N–H and O–H groups in total. The Morgan fingerprint density at radius 3 is 2.71 bits per heavy atom. The molecule has 34 heavy (non-hydrogen) atoms. The first-order valence-corrected chi connectivity index (χ1v) is 11.1. The second kappa shape index (κ2) is 10.7. The number of carbonyl (C=O) groups is 1. The quantitative estimate of drug-likeness (QED) is 0.441. The average molecular weight is 472 g/mol. The lowest BCUT2D eigenvalue weighted by molar-refractivity contribution is 0.128. The van der Waals surface area contributed by atoms with Gasteiger partial charge in [-0.15, -0.1) is 5.10 Å². The number of nitrogens with one attached hydrogen (secondary N) is 1. The molecular weight excluding hydrogens is 444 g/mol. The molecule has 2 heterocycles. The molecule has 1 aliphatic rings. The highest BCUT2D eigenvalue weighted by molar-refractivity contribution is 5.90. The van der Waals surface area contributed by atoms with E-state index in [0.717, 1.165) is 11.1 Å². The van der Waals surface area contributed by atoms with Gasteiger partial charge in [0.1, 0.15) is 17.6 Å². The molecule has 1 saturated heterocycles. The van der Waals surface area contributed by atoms with Crippen LogP contribution in [0, 0.1) is 12.7 Å². The van der Waals surface area contributed by atoms with Crippen molar-refractivity contribution in [1.82, 2.24) is 20.3 Å². The first kappa shape index (κ1) is 23.8. The largest absolute Gasteiger partial charge is 0.442 e. The predicted octanol–water partition coefficient (Wildman–Crippen LogP) is 3.36. The highest BCUT2D eigenvalue weighted by Gasteiger charge is 2.33. The number of nitrogens with zero attached hydrogens (tertiary/aromatic N) is 4. The number of amides is 1. The second-order valence-corrected chi connectivity index (χ2v) is 8.16. The summed E-state index contributed by atoms with van der Waals surface area (Å²) in [7, 11) is 0. The van der Waals surface area contributed by atoms with Crippen molar-refractivity contribution in [1.29, 1.82) is 0 Å². The Hall–Kier alpha value is -3.37. The topological polar surface area (TPSA) is 92.5 Å². The number of alkyl halides is 1. The van der Waals surface area contributed by atoms with E-state index in [0.29, 0.717) is 42.1 Å². The molecule has 1 aliphatic heterocycles. The van der Waals surface area contributed by atoms with Crippen LogP contribution in [0.5, 0.6) is 0 Å². The highest BCUT2D eigenvalue weighted by Crippen LogP contribution is 2.29. The number of halogens is 2. The van der Waals surface area contributed by atoms with Crippen molar-refractivity contribution in [2.45, 2.75) is 39.1 Å². The Bertz CT molecular complexity index is 1140. The van der Waals surface area contributed by atoms with Crippen molar-refractivity contribution in [2.75, 3.05) is 24.7 Å². The number of aromatic nitrogens is 3. The standard InChI is InChI=1S/C24H27F2N5O3/c1-16-23(15-32)28-29-31(16)14-20-13-30(24(33)34-20)19-7-8-21(22(26)11-19)18-5-3-17(4-6-18)12-27-10-2-9-25/h3-8,11,20,27,32H,2,9-10,12-15H2,1H3. The zero-order chi connectivity index (χ0) is 24.1. The summed E-state index contributed by atoms with van der Waals surface area (Å²) in [5.74, 6) is -0.442. The lowest BCUT2D eigenvalue weighted by Crippen LogP contribution is -2.26. The Kier molecular flexibility index (Phi) is 7.49. The van der Waals surface area contributed by atoms with Crippen LogP contribution in [0.4, 0.5) is 19.3 Å². The van der Waals surface area contributed by atoms with Gasteiger partial charge >= 0.3 is 6.09 Å². The number of hydrogen-bond acceptors (Lipinski definition) is 6. The maximum Gasteiger partial charge on any atom is 0.414 e. The van der Waals surface area contributed by atoms with Crippen molar-refractivity contribution in [3.05, 3.63) is 65.2 Å². The molecule has 10 heteroatoms. The van der Waals surface area contributed by atoms with Gasteiger partial charge in [0.05, 0.1) is 37.8 Å². The summed E-state index contributed by atoms with van der Waals surface area (Å²) in [6.45, 7) is 2.99. The lowest BCUT2D eigenvalue weighted by Gasteiger charge is -2.15. The molecule has 180 valence electrons. The van der Waals surface area contributed by atoms with Gasteiger partial charge in [-0.05, 0) is 49.2 Å². The molecule has 8 nitrogen and oxygen atoms in total. The number of rotatable bonds is 10. The second-order valence-electron chi connectivity index (χ2n) is 8.16. The number of hydrogen-bond donors (Lipinski definition) is 2. The van der Waals surface area contributed by atoms with Gasteiger partial charge in [-0.25, -0.2) is 13.9 Å². The van der Waals surface area contributed by atoms with E-state index in [-0.39, 0.29) is 26.4 Å². The SMILES string of the molecule is Cc1c(CO)nnn1CC1CN(c2ccc(-c3ccc(CNCCCF)cc3)c(F)c2)C(=O)O1. The molecule has 0 saturated carbocycles. The van der Waals surface area contributed by atoms with Gasteiger partial charge in [0, 0.05) is 12.1 Å². The van der Waals surface area contributed by atoms with E-state index in [9.17, 15) is 18.7 Å². The van der Waals surface area contributed by atoms with Crippen molar-refractivity contribution in [3.8, 4) is 11.1 Å². The number of anilines is 1. The minimum Gasteiger partial charge on any atom is -0.442 e. The molecule has 0 bridgehead atoms. The van der Waals surface area contributed by atoms with Gasteiger partial charge in [-0.3, -0.25) is 9.29 Å². The molecule has 1 unspecified atom stereocenters. The maximum absolute atomic E-state index is 15.0. The van der Waals surface area contributed by atoms with Crippen LogP contribution in [0.3, 0.4) is 0 Å². The van der Waals surface area contributed by atoms with E-state index in [1.165, 1.54) is 11.0 Å². The zero-order valence-electron chi connectivity index (χ0n) is 18.9. The molecule has 1 aromatic heterocycles. The summed E-state index contributed by atoms with van der Waals surface area (Å²) < 4.78 is 34.1. The monoisotopic (exact) mass is 471 g/mol. The summed E-state index contributed by atoms with van der Waals surface area (Å²) in [4.78, 5) is 13.8. The number of aliphatic hydroxyl groups excluding tert-OH is 1. The lowest BCUT2D eigenvalue weighted by atomic mass is 10.0. The minimum atomic E-state index is -0.554. The van der Waals surface area contributed by atoms with Gasteiger partial charge in [0.25, 0.3) is 0 Å². The number of aliphatic hydroxyl groups is 1. The van der Waals surface area contributed by atoms with Crippen LogP contribution in [0.15, 0.2) is 42.5 Å². The minimum absolute atomic E-state index is 0.214. The Balaban J connectivity index is 1.41. The summed E-state index contributed by atoms with van der Waals surface area (Å²) in [6, 6.07) is 12.2. The number of benzene rings is 2. The van der Waals surface area contributed by atoms with Gasteiger partial charge in [-0.1, -0.05) is 29.5 Å². The summed E-state index contributed by atoms with van der Waals surface area (Å²) in [5.41, 5.74) is 3.77. The molecule has 3 aromatic rings. The van der Waals surface area contributed by atoms with E-state index in [1.807, 2.05) is 24.3 Å². The van der Waals surface area contributed by atoms with E-state index in [1.54, 1.807) is 23.7 Å². The van der Waals surface area contributed by atoms with E-state index in [2.05, 4.69) is 15.6 Å². The molecule has 1 fully saturated rings. The molecule has 0 radical (unpaired) electrons. The molecule has 1 atom stereocenters. The fourth-order valence-corrected chi connectivity index (χ4v) is 3.87. The number of ether oxygens (including phenoxy) is 1. The van der Waals surface area contributed by atoms with Crippen LogP contribution in [-0.4, -0.2) is 52.1 Å². The van der Waals surface area contributed by atoms with E-state index < -0.39 is 18.0 Å². The molecule has 4 rings (SSSR count). The van der Waals surface area contributed by atoms with Crippen molar-refractivity contribution in [2.24, 2.45) is 0 Å². The fraction of sp³-hybridized carbons (Fsp3) is 0.375. The van der Waals surface area contributed by atoms with Crippen LogP contribution in [0.2, 0.25) is 0 Å². The molecular formula is C24H27F2N5O3. The van der Waals surface area contributed by atoms with Gasteiger partial charge < -0.3 is 15.2 Å². The Morgan fingerprint density at radius 1 is 1.24 bits per heavy atom. The maximum atomic E-state index is 15.0. The summed E-state index contributed by atoms with van der Waals surface area (Å²) in [5, 5.41) is 20.3. The summed E-state index contributed by atoms with van der Waals surface area (Å²) in [6.07, 6.45) is -0.554. The van der Waals surface area contributed by atoms with Crippen LogP contribution in [0.25, 0.3) is 11.1 Å². The number of carbonyl (C=O) groups excluding carboxylic acids is 1. The van der Waals surface area contributed by atoms with Gasteiger partial charge in [-0.2, -0.15) is 0 Å². The number of cyclic esters (lactones) is 1. The first-order valence-electron chi connectivity index (χ1n) is 11.1. The molecule has 0 spiro atoms. The normalized spacial score (nSPS) is 15.7. The molecule has 0 aliphatic carbocycles. The Labute approximate surface area is 196 Å². The van der Waals surface area contributed by atoms with Gasteiger partial charge in [0.2, 0.25) is 0 Å². The third-order valence-corrected chi connectivity index (χ3v) is 5.82. The third-order valence-electron chi connectivity index (χ3n) is 5.82. The smallest absolute Gasteiger partial charge is 0.414 e. The zero-order valence-corrected chi connectivity index (χ0v) is 18.9. The fourth-order valence-electron chi connectivity index (χ4n) is 3.87. The third kappa shape index (κ3) is 5.23. The van der Waals surface area contributed by atoms with Crippen molar-refractivity contribution in [3.63, 3.8) is 0 Å². The predicted molar refractivity (Wildman–Crippen MR) is 122 cm³/mol. The van der Waals surface area contributed by atoms with Crippen molar-refractivity contribution < 1.29 is 23.4 Å². The van der Waals surface area contributed by atoms with E-state index in [4.69, 9.17) is 4.74 Å². The summed E-state index contributed by atoms with van der Waals surface area (Å²) >= 11 is 0. The molecule has 2 aromatic carbocycles. The van der Waals surface area contributed by atoms with Crippen LogP contribution >= 0.6 is 0 Å². The van der Waals surface area contributed by atoms with E-state index >= 15 is 0 Å². The van der Waals surface area contributed by atoms with Gasteiger partial charge in [0.15, 0.2) is 0 Å². The van der Waals surface area contributed by atoms with Crippen LogP contribution in [-0.2, 0) is 24.4 Å². The first-order chi connectivity index (χ1) is 16.5. The Morgan fingerprint density at radius 2 is 2.03 bits per heavy atom. The highest BCUT2D eigenvalue weighted by atomic mass is 19.1. The van der Waals surface area contributed by atoms with Crippen LogP contribution in [0.1, 0.15) is 23.4 Å². The molecule has 1 amide bonds. The van der Waals surface area contributed by atoms with Crippen molar-refractivity contribution >= 4 is 11.8 Å². The average Bonchev–Trinajstić information content (AvgIpc) is 3.39.